The van der Waals surface area contributed by atoms with Crippen LogP contribution in [0.5, 0.6) is 0 Å². The Kier molecular flexibility index (Phi) is 4.58. The molecule has 0 unspecified atom stereocenters. The summed E-state index contributed by atoms with van der Waals surface area (Å²) in [6, 6.07) is 0. The van der Waals surface area contributed by atoms with E-state index in [0.29, 0.717) is 0 Å². The normalized spacial score (nSPS) is 12.7. The molecule has 0 aromatic carbocycles. The zero-order valence-electron chi connectivity index (χ0n) is 7.26. The van der Waals surface area contributed by atoms with E-state index in [1.165, 1.54) is 6.92 Å². The Bertz CT molecular complexity index is 350. The average Bonchev–Trinajstić information content (AvgIpc) is 2.04. The summed E-state index contributed by atoms with van der Waals surface area (Å²) < 4.78 is 47.6. The standard InChI is InChI=1S/C6H12O5S2/c1-3-12(7,8)5-11-6-13(9,10)4-2/h3H,1,4-6H2,2H3. The van der Waals surface area contributed by atoms with Crippen molar-refractivity contribution < 1.29 is 21.6 Å². The summed E-state index contributed by atoms with van der Waals surface area (Å²) in [6.45, 7) is 4.51. The van der Waals surface area contributed by atoms with Crippen LogP contribution in [0.3, 0.4) is 0 Å². The fourth-order valence-corrected chi connectivity index (χ4v) is 1.43. The molecule has 0 saturated heterocycles. The Hall–Kier alpha value is -0.400. The van der Waals surface area contributed by atoms with Gasteiger partial charge in [-0.05, 0) is 0 Å². The van der Waals surface area contributed by atoms with E-state index in [1.807, 2.05) is 0 Å². The molecule has 0 heterocycles. The van der Waals surface area contributed by atoms with Crippen LogP contribution in [0.25, 0.3) is 0 Å². The third-order valence-corrected chi connectivity index (χ3v) is 3.61. The minimum Gasteiger partial charge on any atom is -0.349 e. The summed E-state index contributed by atoms with van der Waals surface area (Å²) in [5.41, 5.74) is 0. The van der Waals surface area contributed by atoms with Gasteiger partial charge in [-0.3, -0.25) is 0 Å². The summed E-state index contributed by atoms with van der Waals surface area (Å²) in [6.07, 6.45) is 0. The number of rotatable bonds is 6. The van der Waals surface area contributed by atoms with E-state index in [1.54, 1.807) is 0 Å². The molecule has 0 fully saturated rings. The first-order chi connectivity index (χ1) is 5.83. The van der Waals surface area contributed by atoms with Crippen molar-refractivity contribution in [2.24, 2.45) is 0 Å². The number of hydrogen-bond donors (Lipinski definition) is 0. The predicted octanol–water partition coefficient (Wildman–Crippen LogP) is -0.0890. The predicted molar refractivity (Wildman–Crippen MR) is 49.4 cm³/mol. The highest BCUT2D eigenvalue weighted by Gasteiger charge is 2.10. The second-order valence-corrected chi connectivity index (χ2v) is 6.50. The van der Waals surface area contributed by atoms with E-state index >= 15 is 0 Å². The van der Waals surface area contributed by atoms with Crippen molar-refractivity contribution in [1.29, 1.82) is 0 Å². The molecule has 0 aliphatic rings. The van der Waals surface area contributed by atoms with E-state index in [4.69, 9.17) is 0 Å². The summed E-state index contributed by atoms with van der Waals surface area (Å²) in [4.78, 5) is 0. The van der Waals surface area contributed by atoms with Crippen molar-refractivity contribution in [2.45, 2.75) is 6.92 Å². The van der Waals surface area contributed by atoms with Gasteiger partial charge in [-0.2, -0.15) is 0 Å². The largest absolute Gasteiger partial charge is 0.349 e. The summed E-state index contributed by atoms with van der Waals surface area (Å²) in [7, 11) is -6.74. The lowest BCUT2D eigenvalue weighted by Crippen LogP contribution is -2.15. The van der Waals surface area contributed by atoms with Gasteiger partial charge >= 0.3 is 0 Å². The lowest BCUT2D eigenvalue weighted by molar-refractivity contribution is 0.225. The molecule has 0 N–H and O–H groups in total. The van der Waals surface area contributed by atoms with Gasteiger partial charge in [0.25, 0.3) is 0 Å². The van der Waals surface area contributed by atoms with Crippen LogP contribution in [0.15, 0.2) is 12.0 Å². The van der Waals surface area contributed by atoms with Gasteiger partial charge in [0.05, 0.1) is 0 Å². The van der Waals surface area contributed by atoms with Gasteiger partial charge in [0, 0.05) is 11.2 Å². The van der Waals surface area contributed by atoms with Crippen molar-refractivity contribution in [3.8, 4) is 0 Å². The Balaban J connectivity index is 4.03. The van der Waals surface area contributed by atoms with Crippen molar-refractivity contribution in [1.82, 2.24) is 0 Å². The maximum absolute atomic E-state index is 10.8. The molecule has 0 aromatic heterocycles. The van der Waals surface area contributed by atoms with E-state index in [9.17, 15) is 16.8 Å². The maximum atomic E-state index is 10.8. The third kappa shape index (κ3) is 5.78. The fraction of sp³-hybridized carbons (Fsp3) is 0.667. The van der Waals surface area contributed by atoms with E-state index < -0.39 is 31.6 Å². The molecule has 0 aromatic rings. The van der Waals surface area contributed by atoms with Gasteiger partial charge in [-0.1, -0.05) is 13.5 Å². The van der Waals surface area contributed by atoms with Crippen LogP contribution in [0.4, 0.5) is 0 Å². The van der Waals surface area contributed by atoms with Gasteiger partial charge in [0.2, 0.25) is 0 Å². The summed E-state index contributed by atoms with van der Waals surface area (Å²) in [5.74, 6) is -1.28. The summed E-state index contributed by atoms with van der Waals surface area (Å²) in [5, 5.41) is 0.728. The van der Waals surface area contributed by atoms with Crippen molar-refractivity contribution in [2.75, 3.05) is 17.6 Å². The maximum Gasteiger partial charge on any atom is 0.195 e. The molecule has 78 valence electrons. The van der Waals surface area contributed by atoms with Crippen LogP contribution in [0, 0.1) is 0 Å². The highest BCUT2D eigenvalue weighted by molar-refractivity contribution is 7.94. The molecule has 13 heavy (non-hydrogen) atoms. The topological polar surface area (TPSA) is 77.5 Å². The first-order valence-electron chi connectivity index (χ1n) is 3.46. The van der Waals surface area contributed by atoms with Crippen LogP contribution in [0.2, 0.25) is 0 Å². The highest BCUT2D eigenvalue weighted by atomic mass is 32.2. The van der Waals surface area contributed by atoms with E-state index in [0.717, 1.165) is 5.41 Å². The molecular weight excluding hydrogens is 216 g/mol. The zero-order valence-corrected chi connectivity index (χ0v) is 8.90. The average molecular weight is 228 g/mol. The van der Waals surface area contributed by atoms with Crippen molar-refractivity contribution in [3.05, 3.63) is 12.0 Å². The molecule has 0 saturated carbocycles. The van der Waals surface area contributed by atoms with Gasteiger partial charge in [-0.25, -0.2) is 16.8 Å². The molecule has 0 amide bonds. The first-order valence-corrected chi connectivity index (χ1v) is 7.00. The van der Waals surface area contributed by atoms with E-state index in [2.05, 4.69) is 11.3 Å². The molecule has 0 rings (SSSR count). The lowest BCUT2D eigenvalue weighted by Gasteiger charge is -2.01. The minimum atomic E-state index is -3.47. The van der Waals surface area contributed by atoms with Gasteiger partial charge in [0.1, 0.15) is 5.94 Å². The van der Waals surface area contributed by atoms with Crippen molar-refractivity contribution in [3.63, 3.8) is 0 Å². The minimum absolute atomic E-state index is 0.0683. The molecule has 0 bridgehead atoms. The quantitative estimate of drug-likeness (QED) is 0.635. The highest BCUT2D eigenvalue weighted by Crippen LogP contribution is 1.95. The van der Waals surface area contributed by atoms with E-state index in [-0.39, 0.29) is 5.75 Å². The van der Waals surface area contributed by atoms with Gasteiger partial charge in [0.15, 0.2) is 25.6 Å². The smallest absolute Gasteiger partial charge is 0.195 e. The Labute approximate surface area is 78.2 Å². The molecule has 0 atom stereocenters. The molecule has 0 aliphatic carbocycles. The number of ether oxygens (including phenoxy) is 1. The lowest BCUT2D eigenvalue weighted by atomic mass is 11.0. The second-order valence-electron chi connectivity index (χ2n) is 2.30. The van der Waals surface area contributed by atoms with Crippen LogP contribution < -0.4 is 0 Å². The van der Waals surface area contributed by atoms with Crippen LogP contribution in [0.1, 0.15) is 6.92 Å². The summed E-state index contributed by atoms with van der Waals surface area (Å²) >= 11 is 0. The monoisotopic (exact) mass is 228 g/mol. The molecule has 0 aliphatic heterocycles. The molecule has 5 nitrogen and oxygen atoms in total. The Morgan fingerprint density at radius 3 is 2.15 bits per heavy atom. The molecule has 0 spiro atoms. The van der Waals surface area contributed by atoms with Crippen LogP contribution >= 0.6 is 0 Å². The first kappa shape index (κ1) is 12.6. The third-order valence-electron chi connectivity index (χ3n) is 1.20. The van der Waals surface area contributed by atoms with Crippen LogP contribution in [-0.4, -0.2) is 34.5 Å². The molecule has 7 heteroatoms. The Morgan fingerprint density at radius 2 is 1.77 bits per heavy atom. The molecule has 0 radical (unpaired) electrons. The zero-order chi connectivity index (χ0) is 10.5. The van der Waals surface area contributed by atoms with Crippen molar-refractivity contribution >= 4 is 19.7 Å². The molecular formula is C6H12O5S2. The van der Waals surface area contributed by atoms with Gasteiger partial charge < -0.3 is 4.74 Å². The van der Waals surface area contributed by atoms with Crippen LogP contribution in [-0.2, 0) is 24.4 Å². The number of hydrogen-bond acceptors (Lipinski definition) is 5. The number of sulfone groups is 2. The fourth-order valence-electron chi connectivity index (χ4n) is 0.409. The van der Waals surface area contributed by atoms with Gasteiger partial charge in [-0.15, -0.1) is 0 Å². The Morgan fingerprint density at radius 1 is 1.23 bits per heavy atom. The SMILES string of the molecule is C=CS(=O)(=O)COCS(=O)(=O)CC. The second kappa shape index (κ2) is 4.73.